The number of benzene rings is 1. The first-order valence-electron chi connectivity index (χ1n) is 6.73. The molecule has 0 saturated carbocycles. The summed E-state index contributed by atoms with van der Waals surface area (Å²) >= 11 is 1.82. The number of rotatable bonds is 6. The van der Waals surface area contributed by atoms with Crippen molar-refractivity contribution in [2.45, 2.75) is 39.2 Å². The van der Waals surface area contributed by atoms with Crippen LogP contribution in [0, 0.1) is 13.8 Å². The Balaban J connectivity index is 1.96. The summed E-state index contributed by atoms with van der Waals surface area (Å²) in [6.45, 7) is 4.31. The number of hydrogen-bond donors (Lipinski definition) is 2. The van der Waals surface area contributed by atoms with Crippen molar-refractivity contribution >= 4 is 11.3 Å². The van der Waals surface area contributed by atoms with Gasteiger partial charge in [0.15, 0.2) is 0 Å². The SMILES string of the molecule is Cc1ccc(C)c(CC(CCc2cccs2)NN)c1. The zero-order chi connectivity index (χ0) is 13.7. The zero-order valence-electron chi connectivity index (χ0n) is 11.6. The maximum absolute atomic E-state index is 5.70. The smallest absolute Gasteiger partial charge is 0.0254 e. The highest BCUT2D eigenvalue weighted by molar-refractivity contribution is 7.09. The lowest BCUT2D eigenvalue weighted by Crippen LogP contribution is -2.37. The number of thiophene rings is 1. The lowest BCUT2D eigenvalue weighted by Gasteiger charge is -2.17. The third kappa shape index (κ3) is 4.16. The summed E-state index contributed by atoms with van der Waals surface area (Å²) < 4.78 is 0. The summed E-state index contributed by atoms with van der Waals surface area (Å²) in [7, 11) is 0. The summed E-state index contributed by atoms with van der Waals surface area (Å²) in [6, 6.07) is 11.3. The van der Waals surface area contributed by atoms with Crippen LogP contribution in [-0.4, -0.2) is 6.04 Å². The Labute approximate surface area is 119 Å². The van der Waals surface area contributed by atoms with Crippen LogP contribution in [0.15, 0.2) is 35.7 Å². The molecule has 0 aliphatic heterocycles. The minimum absolute atomic E-state index is 0.336. The number of nitrogens with two attached hydrogens (primary N) is 1. The molecule has 0 aliphatic carbocycles. The Kier molecular flexibility index (Phi) is 5.14. The van der Waals surface area contributed by atoms with Crippen molar-refractivity contribution in [3.05, 3.63) is 57.3 Å². The van der Waals surface area contributed by atoms with Crippen LogP contribution in [0.3, 0.4) is 0 Å². The minimum Gasteiger partial charge on any atom is -0.271 e. The molecule has 0 saturated heterocycles. The van der Waals surface area contributed by atoms with Crippen molar-refractivity contribution in [3.8, 4) is 0 Å². The van der Waals surface area contributed by atoms with Crippen molar-refractivity contribution in [2.75, 3.05) is 0 Å². The van der Waals surface area contributed by atoms with Crippen LogP contribution in [0.2, 0.25) is 0 Å². The Bertz CT molecular complexity index is 505. The number of nitrogens with one attached hydrogen (secondary N) is 1. The van der Waals surface area contributed by atoms with Crippen LogP contribution in [0.25, 0.3) is 0 Å². The van der Waals surface area contributed by atoms with Gasteiger partial charge in [-0.05, 0) is 55.7 Å². The van der Waals surface area contributed by atoms with E-state index in [-0.39, 0.29) is 0 Å². The van der Waals surface area contributed by atoms with Crippen molar-refractivity contribution < 1.29 is 0 Å². The summed E-state index contributed by atoms with van der Waals surface area (Å²) in [5.74, 6) is 5.70. The van der Waals surface area contributed by atoms with Gasteiger partial charge in [0.2, 0.25) is 0 Å². The van der Waals surface area contributed by atoms with Gasteiger partial charge >= 0.3 is 0 Å². The average Bonchev–Trinajstić information content (AvgIpc) is 2.91. The zero-order valence-corrected chi connectivity index (χ0v) is 12.5. The lowest BCUT2D eigenvalue weighted by molar-refractivity contribution is 0.492. The second-order valence-corrected chi connectivity index (χ2v) is 6.15. The first-order valence-corrected chi connectivity index (χ1v) is 7.61. The molecular weight excluding hydrogens is 252 g/mol. The fourth-order valence-electron chi connectivity index (χ4n) is 2.30. The molecular formula is C16H22N2S. The molecule has 0 aliphatic rings. The van der Waals surface area contributed by atoms with E-state index in [0.717, 1.165) is 19.3 Å². The van der Waals surface area contributed by atoms with E-state index in [1.807, 2.05) is 11.3 Å². The quantitative estimate of drug-likeness (QED) is 0.626. The Morgan fingerprint density at radius 2 is 2.11 bits per heavy atom. The first kappa shape index (κ1) is 14.3. The summed E-state index contributed by atoms with van der Waals surface area (Å²) in [6.07, 6.45) is 3.16. The van der Waals surface area contributed by atoms with Crippen molar-refractivity contribution in [1.82, 2.24) is 5.43 Å². The van der Waals surface area contributed by atoms with Crippen LogP contribution in [0.4, 0.5) is 0 Å². The molecule has 2 aromatic rings. The molecule has 2 rings (SSSR count). The second kappa shape index (κ2) is 6.85. The molecule has 1 atom stereocenters. The molecule has 0 spiro atoms. The van der Waals surface area contributed by atoms with E-state index in [9.17, 15) is 0 Å². The fraction of sp³-hybridized carbons (Fsp3) is 0.375. The second-order valence-electron chi connectivity index (χ2n) is 5.12. The van der Waals surface area contributed by atoms with Gasteiger partial charge in [-0.15, -0.1) is 11.3 Å². The van der Waals surface area contributed by atoms with Crippen LogP contribution < -0.4 is 11.3 Å². The molecule has 19 heavy (non-hydrogen) atoms. The van der Waals surface area contributed by atoms with E-state index in [4.69, 9.17) is 5.84 Å². The Morgan fingerprint density at radius 3 is 2.79 bits per heavy atom. The average molecular weight is 274 g/mol. The van der Waals surface area contributed by atoms with E-state index >= 15 is 0 Å². The van der Waals surface area contributed by atoms with E-state index in [2.05, 4.69) is 55.0 Å². The van der Waals surface area contributed by atoms with Crippen LogP contribution in [-0.2, 0) is 12.8 Å². The standard InChI is InChI=1S/C16H22N2S/c1-12-5-6-13(2)14(10-12)11-15(18-17)7-8-16-4-3-9-19-16/h3-6,9-10,15,18H,7-8,11,17H2,1-2H3. The first-order chi connectivity index (χ1) is 9.19. The van der Waals surface area contributed by atoms with Gasteiger partial charge in [-0.1, -0.05) is 29.8 Å². The van der Waals surface area contributed by atoms with E-state index in [0.29, 0.717) is 6.04 Å². The number of hydrazine groups is 1. The highest BCUT2D eigenvalue weighted by atomic mass is 32.1. The van der Waals surface area contributed by atoms with Gasteiger partial charge < -0.3 is 0 Å². The fourth-order valence-corrected chi connectivity index (χ4v) is 3.03. The molecule has 1 unspecified atom stereocenters. The van der Waals surface area contributed by atoms with Crippen molar-refractivity contribution in [1.29, 1.82) is 0 Å². The van der Waals surface area contributed by atoms with Gasteiger partial charge in [-0.3, -0.25) is 11.3 Å². The summed E-state index contributed by atoms with van der Waals surface area (Å²) in [5, 5.41) is 2.13. The van der Waals surface area contributed by atoms with Gasteiger partial charge in [-0.25, -0.2) is 0 Å². The predicted molar refractivity (Wildman–Crippen MR) is 83.4 cm³/mol. The highest BCUT2D eigenvalue weighted by Crippen LogP contribution is 2.16. The normalized spacial score (nSPS) is 12.6. The predicted octanol–water partition coefficient (Wildman–Crippen LogP) is 3.37. The topological polar surface area (TPSA) is 38.0 Å². The molecule has 1 heterocycles. The molecule has 3 N–H and O–H groups in total. The van der Waals surface area contributed by atoms with Gasteiger partial charge in [0.25, 0.3) is 0 Å². The van der Waals surface area contributed by atoms with Crippen LogP contribution >= 0.6 is 11.3 Å². The molecule has 2 nitrogen and oxygen atoms in total. The molecule has 0 fully saturated rings. The monoisotopic (exact) mass is 274 g/mol. The highest BCUT2D eigenvalue weighted by Gasteiger charge is 2.10. The third-order valence-electron chi connectivity index (χ3n) is 3.53. The molecule has 0 bridgehead atoms. The maximum atomic E-state index is 5.70. The minimum atomic E-state index is 0.336. The number of hydrogen-bond acceptors (Lipinski definition) is 3. The largest absolute Gasteiger partial charge is 0.271 e. The molecule has 1 aromatic carbocycles. The Hall–Kier alpha value is -1.16. The van der Waals surface area contributed by atoms with Gasteiger partial charge in [0.05, 0.1) is 0 Å². The van der Waals surface area contributed by atoms with Crippen LogP contribution in [0.1, 0.15) is 28.0 Å². The molecule has 3 heteroatoms. The number of aryl methyl sites for hydroxylation is 3. The van der Waals surface area contributed by atoms with E-state index < -0.39 is 0 Å². The van der Waals surface area contributed by atoms with E-state index in [1.54, 1.807) is 0 Å². The van der Waals surface area contributed by atoms with E-state index in [1.165, 1.54) is 21.6 Å². The summed E-state index contributed by atoms with van der Waals surface area (Å²) in [5.41, 5.74) is 7.03. The van der Waals surface area contributed by atoms with Gasteiger partial charge in [0, 0.05) is 10.9 Å². The Morgan fingerprint density at radius 1 is 1.26 bits per heavy atom. The lowest BCUT2D eigenvalue weighted by atomic mass is 9.97. The maximum Gasteiger partial charge on any atom is 0.0254 e. The summed E-state index contributed by atoms with van der Waals surface area (Å²) in [4.78, 5) is 1.43. The third-order valence-corrected chi connectivity index (χ3v) is 4.46. The van der Waals surface area contributed by atoms with Gasteiger partial charge in [0.1, 0.15) is 0 Å². The van der Waals surface area contributed by atoms with Gasteiger partial charge in [-0.2, -0.15) is 0 Å². The molecule has 0 amide bonds. The molecule has 1 aromatic heterocycles. The molecule has 102 valence electrons. The molecule has 0 radical (unpaired) electrons. The van der Waals surface area contributed by atoms with Crippen molar-refractivity contribution in [2.24, 2.45) is 5.84 Å². The van der Waals surface area contributed by atoms with Crippen LogP contribution in [0.5, 0.6) is 0 Å². The van der Waals surface area contributed by atoms with Crippen molar-refractivity contribution in [3.63, 3.8) is 0 Å².